The number of carbonyl (C=O) groups excluding carboxylic acids is 2. The lowest BCUT2D eigenvalue weighted by Gasteiger charge is -2.35. The number of amides is 2. The highest BCUT2D eigenvalue weighted by atomic mass is 16.5. The summed E-state index contributed by atoms with van der Waals surface area (Å²) in [5.41, 5.74) is 6.54. The summed E-state index contributed by atoms with van der Waals surface area (Å²) in [6, 6.07) is 11.2. The second-order valence-corrected chi connectivity index (χ2v) is 6.54. The Labute approximate surface area is 159 Å². The van der Waals surface area contributed by atoms with E-state index in [1.54, 1.807) is 16.9 Å². The van der Waals surface area contributed by atoms with Crippen LogP contribution >= 0.6 is 0 Å². The zero-order valence-electron chi connectivity index (χ0n) is 14.8. The molecule has 3 N–H and O–H groups in total. The van der Waals surface area contributed by atoms with Gasteiger partial charge >= 0.3 is 6.09 Å². The zero-order chi connectivity index (χ0) is 19.5. The molecule has 2 heterocycles. The van der Waals surface area contributed by atoms with E-state index >= 15 is 0 Å². The van der Waals surface area contributed by atoms with Gasteiger partial charge in [0.15, 0.2) is 11.5 Å². The third kappa shape index (κ3) is 3.85. The smallest absolute Gasteiger partial charge is 0.404 e. The Hall–Kier alpha value is -3.69. The van der Waals surface area contributed by atoms with Crippen molar-refractivity contribution in [3.63, 3.8) is 0 Å². The summed E-state index contributed by atoms with van der Waals surface area (Å²) < 4.78 is 11.6. The first-order chi connectivity index (χ1) is 13.6. The quantitative estimate of drug-likeness (QED) is 0.661. The fourth-order valence-electron chi connectivity index (χ4n) is 3.00. The van der Waals surface area contributed by atoms with E-state index < -0.39 is 6.09 Å². The standard InChI is InChI=1S/C18H18N6O4/c19-18(26)27-10-13-9-24(23-21-13)14-6-12(7-14)20-17(25)15-8-16(28-22-15)11-4-2-1-3-5-11/h1-5,8-9,12,14H,6-7,10H2,(H2,19,26)(H,20,25)/t12-,14-. The third-order valence-corrected chi connectivity index (χ3v) is 4.54. The first-order valence-electron chi connectivity index (χ1n) is 8.74. The molecule has 0 bridgehead atoms. The van der Waals surface area contributed by atoms with Crippen LogP contribution < -0.4 is 11.1 Å². The Balaban J connectivity index is 1.28. The Morgan fingerprint density at radius 1 is 1.29 bits per heavy atom. The lowest BCUT2D eigenvalue weighted by molar-refractivity contribution is 0.0878. The summed E-state index contributed by atoms with van der Waals surface area (Å²) in [6.45, 7) is -0.0157. The van der Waals surface area contributed by atoms with Crippen LogP contribution in [0.4, 0.5) is 4.79 Å². The predicted molar refractivity (Wildman–Crippen MR) is 95.9 cm³/mol. The maximum Gasteiger partial charge on any atom is 0.404 e. The molecule has 0 spiro atoms. The molecule has 4 rings (SSSR count). The molecule has 2 aromatic heterocycles. The minimum Gasteiger partial charge on any atom is -0.443 e. The third-order valence-electron chi connectivity index (χ3n) is 4.54. The number of hydrogen-bond donors (Lipinski definition) is 2. The van der Waals surface area contributed by atoms with Gasteiger partial charge in [-0.3, -0.25) is 4.79 Å². The molecule has 10 heteroatoms. The molecule has 1 aliphatic carbocycles. The molecule has 0 aliphatic heterocycles. The van der Waals surface area contributed by atoms with E-state index in [2.05, 4.69) is 25.5 Å². The monoisotopic (exact) mass is 382 g/mol. The average molecular weight is 382 g/mol. The number of carbonyl (C=O) groups is 2. The van der Waals surface area contributed by atoms with Crippen molar-refractivity contribution in [1.82, 2.24) is 25.5 Å². The Kier molecular flexibility index (Phi) is 4.75. The largest absolute Gasteiger partial charge is 0.443 e. The summed E-state index contributed by atoms with van der Waals surface area (Å²) in [4.78, 5) is 23.0. The zero-order valence-corrected chi connectivity index (χ0v) is 14.8. The molecular formula is C18H18N6O4. The topological polar surface area (TPSA) is 138 Å². The van der Waals surface area contributed by atoms with Gasteiger partial charge in [-0.25, -0.2) is 9.48 Å². The van der Waals surface area contributed by atoms with Crippen molar-refractivity contribution in [2.75, 3.05) is 0 Å². The van der Waals surface area contributed by atoms with E-state index in [-0.39, 0.29) is 30.3 Å². The number of aromatic nitrogens is 4. The SMILES string of the molecule is NC(=O)OCc1cn([C@H]2C[C@H](NC(=O)c3cc(-c4ccccc4)on3)C2)nn1. The van der Waals surface area contributed by atoms with Gasteiger partial charge in [0, 0.05) is 17.7 Å². The van der Waals surface area contributed by atoms with Crippen LogP contribution in [0.5, 0.6) is 0 Å². The van der Waals surface area contributed by atoms with Gasteiger partial charge in [-0.1, -0.05) is 40.7 Å². The van der Waals surface area contributed by atoms with Gasteiger partial charge in [0.05, 0.1) is 12.2 Å². The van der Waals surface area contributed by atoms with Gasteiger partial charge in [0.1, 0.15) is 12.3 Å². The molecule has 1 aliphatic rings. The Morgan fingerprint density at radius 3 is 2.82 bits per heavy atom. The van der Waals surface area contributed by atoms with E-state index in [1.165, 1.54) is 0 Å². The minimum absolute atomic E-state index is 0.0157. The maximum absolute atomic E-state index is 12.4. The average Bonchev–Trinajstić information content (AvgIpc) is 3.33. The van der Waals surface area contributed by atoms with Gasteiger partial charge < -0.3 is 20.3 Å². The Morgan fingerprint density at radius 2 is 2.07 bits per heavy atom. The normalized spacial score (nSPS) is 18.3. The van der Waals surface area contributed by atoms with E-state index in [9.17, 15) is 9.59 Å². The molecular weight excluding hydrogens is 364 g/mol. The molecule has 1 fully saturated rings. The lowest BCUT2D eigenvalue weighted by atomic mass is 9.87. The number of ether oxygens (including phenoxy) is 1. The van der Waals surface area contributed by atoms with Crippen molar-refractivity contribution in [1.29, 1.82) is 0 Å². The summed E-state index contributed by atoms with van der Waals surface area (Å²) >= 11 is 0. The number of nitrogens with one attached hydrogen (secondary N) is 1. The second kappa shape index (κ2) is 7.51. The van der Waals surface area contributed by atoms with Crippen LogP contribution in [0.2, 0.25) is 0 Å². The highest BCUT2D eigenvalue weighted by Crippen LogP contribution is 2.32. The number of benzene rings is 1. The molecule has 0 atom stereocenters. The van der Waals surface area contributed by atoms with Gasteiger partial charge in [-0.05, 0) is 12.8 Å². The summed E-state index contributed by atoms with van der Waals surface area (Å²) in [7, 11) is 0. The van der Waals surface area contributed by atoms with E-state index in [4.69, 9.17) is 10.3 Å². The summed E-state index contributed by atoms with van der Waals surface area (Å²) in [5, 5.41) is 14.7. The highest BCUT2D eigenvalue weighted by Gasteiger charge is 2.33. The van der Waals surface area contributed by atoms with E-state index in [0.29, 0.717) is 24.3 Å². The van der Waals surface area contributed by atoms with E-state index in [1.807, 2.05) is 30.3 Å². The molecule has 144 valence electrons. The number of nitrogens with two attached hydrogens (primary N) is 1. The number of rotatable bonds is 6. The molecule has 0 saturated heterocycles. The fourth-order valence-corrected chi connectivity index (χ4v) is 3.00. The van der Waals surface area contributed by atoms with Crippen LogP contribution in [0.15, 0.2) is 47.1 Å². The number of primary amides is 1. The van der Waals surface area contributed by atoms with Gasteiger partial charge in [-0.2, -0.15) is 0 Å². The first kappa shape index (κ1) is 17.7. The lowest BCUT2D eigenvalue weighted by Crippen LogP contribution is -2.45. The van der Waals surface area contributed by atoms with Gasteiger partial charge in [0.25, 0.3) is 5.91 Å². The van der Waals surface area contributed by atoms with Crippen molar-refractivity contribution in [2.24, 2.45) is 5.73 Å². The predicted octanol–water partition coefficient (Wildman–Crippen LogP) is 1.66. The maximum atomic E-state index is 12.4. The van der Waals surface area contributed by atoms with Crippen molar-refractivity contribution >= 4 is 12.0 Å². The second-order valence-electron chi connectivity index (χ2n) is 6.54. The van der Waals surface area contributed by atoms with Crippen LogP contribution in [-0.4, -0.2) is 38.2 Å². The molecule has 0 radical (unpaired) electrons. The first-order valence-corrected chi connectivity index (χ1v) is 8.74. The van der Waals surface area contributed by atoms with Crippen LogP contribution in [0, 0.1) is 0 Å². The molecule has 28 heavy (non-hydrogen) atoms. The minimum atomic E-state index is -0.857. The van der Waals surface area contributed by atoms with Crippen molar-refractivity contribution < 1.29 is 18.8 Å². The van der Waals surface area contributed by atoms with Crippen LogP contribution in [0.3, 0.4) is 0 Å². The molecule has 1 aromatic carbocycles. The van der Waals surface area contributed by atoms with Crippen LogP contribution in [0.25, 0.3) is 11.3 Å². The molecule has 3 aromatic rings. The van der Waals surface area contributed by atoms with Crippen molar-refractivity contribution in [3.8, 4) is 11.3 Å². The molecule has 10 nitrogen and oxygen atoms in total. The van der Waals surface area contributed by atoms with Crippen LogP contribution in [0.1, 0.15) is 35.1 Å². The summed E-state index contributed by atoms with van der Waals surface area (Å²) in [6.07, 6.45) is 2.28. The molecule has 0 unspecified atom stereocenters. The fraction of sp³-hybridized carbons (Fsp3) is 0.278. The van der Waals surface area contributed by atoms with E-state index in [0.717, 1.165) is 5.56 Å². The highest BCUT2D eigenvalue weighted by molar-refractivity contribution is 5.93. The summed E-state index contributed by atoms with van der Waals surface area (Å²) in [5.74, 6) is 0.272. The van der Waals surface area contributed by atoms with Gasteiger partial charge in [-0.15, -0.1) is 5.10 Å². The molecule has 2 amide bonds. The number of nitrogens with zero attached hydrogens (tertiary/aromatic N) is 4. The van der Waals surface area contributed by atoms with Crippen molar-refractivity contribution in [2.45, 2.75) is 31.5 Å². The Bertz CT molecular complexity index is 977. The van der Waals surface area contributed by atoms with Crippen molar-refractivity contribution in [3.05, 3.63) is 54.0 Å². The molecule has 1 saturated carbocycles. The van der Waals surface area contributed by atoms with Crippen LogP contribution in [-0.2, 0) is 11.3 Å². The number of hydrogen-bond acceptors (Lipinski definition) is 7. The van der Waals surface area contributed by atoms with Gasteiger partial charge in [0.2, 0.25) is 0 Å².